The number of hydrogen-bond acceptors (Lipinski definition) is 7. The molecule has 0 unspecified atom stereocenters. The normalized spacial score (nSPS) is 16.1. The minimum absolute atomic E-state index is 0.154. The fourth-order valence-corrected chi connectivity index (χ4v) is 3.86. The van der Waals surface area contributed by atoms with Gasteiger partial charge in [0.15, 0.2) is 11.0 Å². The zero-order valence-corrected chi connectivity index (χ0v) is 16.2. The molecule has 142 valence electrons. The minimum atomic E-state index is 0.154. The maximum Gasteiger partial charge on any atom is 0.197 e. The Labute approximate surface area is 167 Å². The van der Waals surface area contributed by atoms with Gasteiger partial charge in [-0.2, -0.15) is 5.26 Å². The van der Waals surface area contributed by atoms with Crippen LogP contribution in [-0.4, -0.2) is 39.6 Å². The second-order valence-electron chi connectivity index (χ2n) is 6.38. The highest BCUT2D eigenvalue weighted by molar-refractivity contribution is 7.99. The number of rotatable bonds is 6. The summed E-state index contributed by atoms with van der Waals surface area (Å²) in [6, 6.07) is 13.4. The molecule has 0 N–H and O–H groups in total. The molecule has 0 spiro atoms. The maximum absolute atomic E-state index is 8.94. The highest BCUT2D eigenvalue weighted by atomic mass is 32.2. The first-order chi connectivity index (χ1) is 13.8. The van der Waals surface area contributed by atoms with Gasteiger partial charge in [-0.1, -0.05) is 0 Å². The average molecular weight is 393 g/mol. The van der Waals surface area contributed by atoms with E-state index in [-0.39, 0.29) is 6.10 Å². The lowest BCUT2D eigenvalue weighted by molar-refractivity contribution is 0.0953. The standard InChI is InChI=1S/C20H19N5O2S/c1-26-16-7-5-15(6-8-16)19-23-24-20(25(19)13-17-3-2-10-27-17)28-18-9-4-14(11-21)12-22-18/h4-9,12,17H,2-3,10,13H2,1H3/t17-/m1/s1. The molecule has 0 saturated carbocycles. The molecule has 1 aliphatic rings. The zero-order chi connectivity index (χ0) is 19.3. The lowest BCUT2D eigenvalue weighted by Crippen LogP contribution is -2.16. The van der Waals surface area contributed by atoms with Crippen LogP contribution in [0.1, 0.15) is 18.4 Å². The van der Waals surface area contributed by atoms with Gasteiger partial charge >= 0.3 is 0 Å². The van der Waals surface area contributed by atoms with E-state index in [1.54, 1.807) is 19.4 Å². The summed E-state index contributed by atoms with van der Waals surface area (Å²) in [5.74, 6) is 1.58. The van der Waals surface area contributed by atoms with Crippen molar-refractivity contribution in [2.75, 3.05) is 13.7 Å². The first-order valence-electron chi connectivity index (χ1n) is 9.00. The Balaban J connectivity index is 1.66. The van der Waals surface area contributed by atoms with Crippen LogP contribution in [0.4, 0.5) is 0 Å². The van der Waals surface area contributed by atoms with E-state index >= 15 is 0 Å². The van der Waals surface area contributed by atoms with Crippen LogP contribution >= 0.6 is 11.8 Å². The summed E-state index contributed by atoms with van der Waals surface area (Å²) >= 11 is 1.43. The number of nitrogens with zero attached hydrogens (tertiary/aromatic N) is 5. The second-order valence-corrected chi connectivity index (χ2v) is 7.37. The number of nitriles is 1. The third-order valence-corrected chi connectivity index (χ3v) is 5.47. The van der Waals surface area contributed by atoms with Crippen LogP contribution in [0.3, 0.4) is 0 Å². The van der Waals surface area contributed by atoms with E-state index in [2.05, 4.69) is 25.8 Å². The SMILES string of the molecule is COc1ccc(-c2nnc(Sc3ccc(C#N)cn3)n2C[C@H]2CCCO2)cc1. The monoisotopic (exact) mass is 393 g/mol. The van der Waals surface area contributed by atoms with Gasteiger partial charge in [-0.15, -0.1) is 10.2 Å². The number of benzene rings is 1. The Morgan fingerprint density at radius 2 is 2.11 bits per heavy atom. The molecule has 3 aromatic rings. The molecule has 1 saturated heterocycles. The molecule has 8 heteroatoms. The van der Waals surface area contributed by atoms with Crippen LogP contribution in [0, 0.1) is 11.3 Å². The fourth-order valence-electron chi connectivity index (χ4n) is 3.07. The van der Waals surface area contributed by atoms with Crippen molar-refractivity contribution in [2.24, 2.45) is 0 Å². The largest absolute Gasteiger partial charge is 0.497 e. The van der Waals surface area contributed by atoms with Gasteiger partial charge in [0, 0.05) is 18.4 Å². The van der Waals surface area contributed by atoms with Gasteiger partial charge in [-0.3, -0.25) is 4.57 Å². The number of pyridine rings is 1. The summed E-state index contributed by atoms with van der Waals surface area (Å²) in [5, 5.41) is 19.3. The number of methoxy groups -OCH3 is 1. The Hall–Kier alpha value is -2.89. The van der Waals surface area contributed by atoms with E-state index in [0.29, 0.717) is 12.1 Å². The lowest BCUT2D eigenvalue weighted by atomic mass is 10.2. The molecule has 0 radical (unpaired) electrons. The van der Waals surface area contributed by atoms with Crippen molar-refractivity contribution >= 4 is 11.8 Å². The highest BCUT2D eigenvalue weighted by Gasteiger charge is 2.22. The Morgan fingerprint density at radius 3 is 2.75 bits per heavy atom. The molecule has 1 aromatic carbocycles. The molecular weight excluding hydrogens is 374 g/mol. The Kier molecular flexibility index (Phi) is 5.55. The summed E-state index contributed by atoms with van der Waals surface area (Å²) in [6.07, 6.45) is 3.82. The molecule has 7 nitrogen and oxygen atoms in total. The van der Waals surface area contributed by atoms with Gasteiger partial charge in [0.05, 0.1) is 25.3 Å². The quantitative estimate of drug-likeness (QED) is 0.633. The van der Waals surface area contributed by atoms with Crippen molar-refractivity contribution in [1.82, 2.24) is 19.7 Å². The first kappa shape index (κ1) is 18.5. The van der Waals surface area contributed by atoms with Crippen LogP contribution in [0.25, 0.3) is 11.4 Å². The molecule has 4 rings (SSSR count). The zero-order valence-electron chi connectivity index (χ0n) is 15.4. The van der Waals surface area contributed by atoms with Crippen molar-refractivity contribution in [2.45, 2.75) is 35.7 Å². The Bertz CT molecular complexity index is 973. The summed E-state index contributed by atoms with van der Waals surface area (Å²) in [5.41, 5.74) is 1.50. The van der Waals surface area contributed by atoms with Crippen molar-refractivity contribution in [3.8, 4) is 23.2 Å². The summed E-state index contributed by atoms with van der Waals surface area (Å²) in [6.45, 7) is 1.48. The van der Waals surface area contributed by atoms with Gasteiger partial charge in [-0.25, -0.2) is 4.98 Å². The molecule has 3 heterocycles. The van der Waals surface area contributed by atoms with Gasteiger partial charge in [0.1, 0.15) is 16.8 Å². The minimum Gasteiger partial charge on any atom is -0.497 e. The van der Waals surface area contributed by atoms with E-state index in [4.69, 9.17) is 14.7 Å². The van der Waals surface area contributed by atoms with Crippen LogP contribution in [0.15, 0.2) is 52.8 Å². The van der Waals surface area contributed by atoms with Gasteiger partial charge in [0.2, 0.25) is 0 Å². The van der Waals surface area contributed by atoms with Gasteiger partial charge < -0.3 is 9.47 Å². The molecule has 1 fully saturated rings. The van der Waals surface area contributed by atoms with Gasteiger partial charge in [0.25, 0.3) is 0 Å². The van der Waals surface area contributed by atoms with Crippen LogP contribution in [0.2, 0.25) is 0 Å². The molecule has 1 aliphatic heterocycles. The lowest BCUT2D eigenvalue weighted by Gasteiger charge is -2.14. The summed E-state index contributed by atoms with van der Waals surface area (Å²) < 4.78 is 13.2. The van der Waals surface area contributed by atoms with Gasteiger partial charge in [-0.05, 0) is 61.0 Å². The van der Waals surface area contributed by atoms with Crippen molar-refractivity contribution in [1.29, 1.82) is 5.26 Å². The number of aromatic nitrogens is 4. The first-order valence-corrected chi connectivity index (χ1v) is 9.81. The number of hydrogen-bond donors (Lipinski definition) is 0. The van der Waals surface area contributed by atoms with Crippen LogP contribution in [0.5, 0.6) is 5.75 Å². The summed E-state index contributed by atoms with van der Waals surface area (Å²) in [4.78, 5) is 4.33. The third-order valence-electron chi connectivity index (χ3n) is 4.54. The fraction of sp³-hybridized carbons (Fsp3) is 0.300. The molecule has 0 amide bonds. The topological polar surface area (TPSA) is 85.9 Å². The predicted octanol–water partition coefficient (Wildman–Crippen LogP) is 3.55. The highest BCUT2D eigenvalue weighted by Crippen LogP contribution is 2.30. The molecular formula is C20H19N5O2S. The van der Waals surface area contributed by atoms with E-state index in [0.717, 1.165) is 46.8 Å². The predicted molar refractivity (Wildman–Crippen MR) is 104 cm³/mol. The third kappa shape index (κ3) is 4.01. The van der Waals surface area contributed by atoms with Crippen LogP contribution in [-0.2, 0) is 11.3 Å². The van der Waals surface area contributed by atoms with Crippen molar-refractivity contribution in [3.05, 3.63) is 48.2 Å². The van der Waals surface area contributed by atoms with Crippen molar-refractivity contribution < 1.29 is 9.47 Å². The summed E-state index contributed by atoms with van der Waals surface area (Å²) in [7, 11) is 1.65. The Morgan fingerprint density at radius 1 is 1.25 bits per heavy atom. The second kappa shape index (κ2) is 8.42. The smallest absolute Gasteiger partial charge is 0.197 e. The number of ether oxygens (including phenoxy) is 2. The van der Waals surface area contributed by atoms with E-state index < -0.39 is 0 Å². The molecule has 2 aromatic heterocycles. The van der Waals surface area contributed by atoms with E-state index in [9.17, 15) is 0 Å². The average Bonchev–Trinajstić information content (AvgIpc) is 3.40. The maximum atomic E-state index is 8.94. The molecule has 1 atom stereocenters. The van der Waals surface area contributed by atoms with E-state index in [1.807, 2.05) is 30.3 Å². The molecule has 0 aliphatic carbocycles. The molecule has 28 heavy (non-hydrogen) atoms. The molecule has 0 bridgehead atoms. The van der Waals surface area contributed by atoms with E-state index in [1.165, 1.54) is 11.8 Å². The van der Waals surface area contributed by atoms with Crippen molar-refractivity contribution in [3.63, 3.8) is 0 Å². The van der Waals surface area contributed by atoms with Crippen LogP contribution < -0.4 is 4.74 Å².